The van der Waals surface area contributed by atoms with E-state index in [9.17, 15) is 24.6 Å². The van der Waals surface area contributed by atoms with Crippen molar-refractivity contribution in [2.45, 2.75) is 96.0 Å². The summed E-state index contributed by atoms with van der Waals surface area (Å²) in [7, 11) is 2.53. The van der Waals surface area contributed by atoms with E-state index in [-0.39, 0.29) is 12.8 Å². The zero-order chi connectivity index (χ0) is 28.0. The molecular formula is C27H36O11. The highest BCUT2D eigenvalue weighted by molar-refractivity contribution is 5.88. The quantitative estimate of drug-likeness (QED) is 0.229. The van der Waals surface area contributed by atoms with Crippen molar-refractivity contribution in [1.29, 1.82) is 0 Å². The van der Waals surface area contributed by atoms with Crippen LogP contribution in [-0.2, 0) is 42.8 Å². The van der Waals surface area contributed by atoms with Gasteiger partial charge in [0.2, 0.25) is 12.1 Å². The third-order valence-electron chi connectivity index (χ3n) is 11.0. The summed E-state index contributed by atoms with van der Waals surface area (Å²) in [5.74, 6) is -5.48. The zero-order valence-electron chi connectivity index (χ0n) is 22.9. The number of fused-ring (bicyclic) bond motifs is 2. The fraction of sp³-hybridized carbons (Fsp3) is 0.815. The van der Waals surface area contributed by atoms with Crippen LogP contribution in [0.25, 0.3) is 0 Å². The molecule has 0 aromatic rings. The molecule has 6 rings (SSSR count). The number of ether oxygens (including phenoxy) is 6. The number of hydrogen-bond donors (Lipinski definition) is 2. The summed E-state index contributed by atoms with van der Waals surface area (Å²) in [4.78, 5) is 40.3. The molecule has 11 heteroatoms. The molecule has 4 aliphatic heterocycles. The SMILES string of the molecule is COC(=O)CC1=C(C)[C@@H]2C[C@@]3(C)C(=O)O[C@H]4O[C@@H](C)[C@@]5(O)O[C@@H]([C@@H]6O[C@]16C(C)(C)O)[C@]2(C)[C@@]5(C(=O)OC)[C@H]43. The van der Waals surface area contributed by atoms with Crippen LogP contribution in [0.15, 0.2) is 11.1 Å². The number of rotatable bonds is 4. The van der Waals surface area contributed by atoms with Crippen molar-refractivity contribution in [2.24, 2.45) is 28.1 Å². The molecule has 6 aliphatic rings. The summed E-state index contributed by atoms with van der Waals surface area (Å²) in [5.41, 5.74) is -5.88. The van der Waals surface area contributed by atoms with E-state index in [1.54, 1.807) is 27.7 Å². The number of carbonyl (C=O) groups excluding carboxylic acids is 3. The van der Waals surface area contributed by atoms with E-state index < -0.39 is 87.6 Å². The molecule has 0 spiro atoms. The van der Waals surface area contributed by atoms with Crippen molar-refractivity contribution in [3.05, 3.63) is 11.1 Å². The summed E-state index contributed by atoms with van der Waals surface area (Å²) in [5, 5.41) is 23.9. The zero-order valence-corrected chi connectivity index (χ0v) is 22.9. The highest BCUT2D eigenvalue weighted by atomic mass is 16.8. The van der Waals surface area contributed by atoms with Crippen LogP contribution in [0.1, 0.15) is 54.4 Å². The van der Waals surface area contributed by atoms with Crippen molar-refractivity contribution in [3.8, 4) is 0 Å². The maximum atomic E-state index is 14.2. The molecule has 210 valence electrons. The van der Waals surface area contributed by atoms with Crippen molar-refractivity contribution < 1.29 is 53.0 Å². The Kier molecular flexibility index (Phi) is 4.94. The van der Waals surface area contributed by atoms with Gasteiger partial charge in [0, 0.05) is 5.41 Å². The molecular weight excluding hydrogens is 500 g/mol. The Hall–Kier alpha value is -2.05. The van der Waals surface area contributed by atoms with Crippen LogP contribution in [-0.4, -0.2) is 83.9 Å². The second-order valence-electron chi connectivity index (χ2n) is 12.8. The normalized spacial score (nSPS) is 52.0. The standard InChI is InChI=1S/C27H36O11/c1-11-13(9-15(28)33-7)26(22(3,4)31)18(37-26)17-24(6)14(11)10-23(5)16-19(36-20(23)29)35-12(2)27(32,38-17)25(16,24)21(30)34-8/h12,14,16-19,31-32H,9-10H2,1-8H3/t12-,14-,16+,17-,18-,19+,23+,24+,25-,26+,27+/m0/s1. The van der Waals surface area contributed by atoms with E-state index in [0.717, 1.165) is 0 Å². The van der Waals surface area contributed by atoms with E-state index in [0.29, 0.717) is 11.1 Å². The van der Waals surface area contributed by atoms with E-state index in [4.69, 9.17) is 28.4 Å². The van der Waals surface area contributed by atoms with Gasteiger partial charge in [0.25, 0.3) is 0 Å². The van der Waals surface area contributed by atoms with Gasteiger partial charge in [-0.3, -0.25) is 14.4 Å². The molecule has 0 amide bonds. The first-order chi connectivity index (χ1) is 17.5. The fourth-order valence-electron chi connectivity index (χ4n) is 9.30. The van der Waals surface area contributed by atoms with Crippen LogP contribution in [0.4, 0.5) is 0 Å². The Labute approximate surface area is 220 Å². The summed E-state index contributed by atoms with van der Waals surface area (Å²) < 4.78 is 35.1. The Bertz CT molecular complexity index is 1190. The van der Waals surface area contributed by atoms with Crippen molar-refractivity contribution in [3.63, 3.8) is 0 Å². The number of hydrogen-bond acceptors (Lipinski definition) is 11. The van der Waals surface area contributed by atoms with Gasteiger partial charge in [-0.15, -0.1) is 0 Å². The minimum atomic E-state index is -2.20. The van der Waals surface area contributed by atoms with Crippen LogP contribution in [0, 0.1) is 28.1 Å². The van der Waals surface area contributed by atoms with E-state index in [2.05, 4.69) is 0 Å². The maximum Gasteiger partial charge on any atom is 0.318 e. The minimum absolute atomic E-state index is 0.162. The van der Waals surface area contributed by atoms with Crippen LogP contribution >= 0.6 is 0 Å². The number of esters is 3. The van der Waals surface area contributed by atoms with Crippen LogP contribution < -0.4 is 0 Å². The smallest absolute Gasteiger partial charge is 0.318 e. The number of epoxide rings is 1. The van der Waals surface area contributed by atoms with E-state index in [1.807, 2.05) is 13.8 Å². The van der Waals surface area contributed by atoms with Gasteiger partial charge in [-0.05, 0) is 52.5 Å². The third-order valence-corrected chi connectivity index (χ3v) is 11.0. The number of aliphatic hydroxyl groups is 2. The molecule has 0 bridgehead atoms. The lowest BCUT2D eigenvalue weighted by Gasteiger charge is -2.63. The molecule has 11 nitrogen and oxygen atoms in total. The fourth-order valence-corrected chi connectivity index (χ4v) is 9.30. The molecule has 2 N–H and O–H groups in total. The first-order valence-corrected chi connectivity index (χ1v) is 13.1. The molecule has 0 aromatic carbocycles. The van der Waals surface area contributed by atoms with Gasteiger partial charge in [-0.1, -0.05) is 12.5 Å². The Morgan fingerprint density at radius 3 is 2.37 bits per heavy atom. The lowest BCUT2D eigenvalue weighted by Crippen LogP contribution is -2.76. The van der Waals surface area contributed by atoms with E-state index >= 15 is 0 Å². The molecule has 0 radical (unpaired) electrons. The summed E-state index contributed by atoms with van der Waals surface area (Å²) in [6, 6.07) is 0. The molecule has 0 aromatic heterocycles. The van der Waals surface area contributed by atoms with Gasteiger partial charge in [0.05, 0.1) is 43.7 Å². The molecule has 38 heavy (non-hydrogen) atoms. The monoisotopic (exact) mass is 536 g/mol. The number of carbonyl (C=O) groups is 3. The second-order valence-corrected chi connectivity index (χ2v) is 12.8. The van der Waals surface area contributed by atoms with Crippen LogP contribution in [0.3, 0.4) is 0 Å². The van der Waals surface area contributed by atoms with Crippen LogP contribution in [0.5, 0.6) is 0 Å². The Balaban J connectivity index is 1.71. The topological polar surface area (TPSA) is 150 Å². The highest BCUT2D eigenvalue weighted by Gasteiger charge is 2.93. The van der Waals surface area contributed by atoms with E-state index in [1.165, 1.54) is 14.2 Å². The van der Waals surface area contributed by atoms with Gasteiger partial charge >= 0.3 is 17.9 Å². The van der Waals surface area contributed by atoms with Gasteiger partial charge in [0.1, 0.15) is 23.2 Å². The molecule has 1 saturated carbocycles. The molecule has 0 unspecified atom stereocenters. The molecule has 4 heterocycles. The van der Waals surface area contributed by atoms with Gasteiger partial charge in [0.15, 0.2) is 0 Å². The average Bonchev–Trinajstić information content (AvgIpc) is 3.50. The van der Waals surface area contributed by atoms with Gasteiger partial charge in [-0.25, -0.2) is 0 Å². The van der Waals surface area contributed by atoms with Gasteiger partial charge in [-0.2, -0.15) is 0 Å². The predicted octanol–water partition coefficient (Wildman–Crippen LogP) is 0.985. The van der Waals surface area contributed by atoms with Crippen molar-refractivity contribution in [1.82, 2.24) is 0 Å². The molecule has 11 atom stereocenters. The number of methoxy groups -OCH3 is 2. The first kappa shape index (κ1) is 26.2. The summed E-state index contributed by atoms with van der Waals surface area (Å²) in [6.07, 6.45) is -3.85. The largest absolute Gasteiger partial charge is 0.469 e. The van der Waals surface area contributed by atoms with Crippen molar-refractivity contribution >= 4 is 17.9 Å². The summed E-state index contributed by atoms with van der Waals surface area (Å²) >= 11 is 0. The van der Waals surface area contributed by atoms with Crippen LogP contribution in [0.2, 0.25) is 0 Å². The van der Waals surface area contributed by atoms with Gasteiger partial charge < -0.3 is 38.6 Å². The first-order valence-electron chi connectivity index (χ1n) is 13.1. The molecule has 4 saturated heterocycles. The average molecular weight is 537 g/mol. The highest BCUT2D eigenvalue weighted by Crippen LogP contribution is 2.81. The minimum Gasteiger partial charge on any atom is -0.469 e. The maximum absolute atomic E-state index is 14.2. The molecule has 2 aliphatic carbocycles. The van der Waals surface area contributed by atoms with Crippen molar-refractivity contribution in [2.75, 3.05) is 14.2 Å². The Morgan fingerprint density at radius 2 is 1.79 bits per heavy atom. The third kappa shape index (κ3) is 2.40. The lowest BCUT2D eigenvalue weighted by molar-refractivity contribution is -0.375. The summed E-state index contributed by atoms with van der Waals surface area (Å²) in [6.45, 7) is 10.2. The molecule has 5 fully saturated rings. The Morgan fingerprint density at radius 1 is 1.13 bits per heavy atom. The number of allylic oxidation sites excluding steroid dienone is 1. The second kappa shape index (κ2) is 7.17. The lowest BCUT2D eigenvalue weighted by atomic mass is 9.38. The predicted molar refractivity (Wildman–Crippen MR) is 126 cm³/mol.